The lowest BCUT2D eigenvalue weighted by Gasteiger charge is -1.98. The minimum Gasteiger partial charge on any atom is -0.438 e. The van der Waals surface area contributed by atoms with Crippen LogP contribution in [0.2, 0.25) is 0 Å². The number of para-hydroxylation sites is 1. The normalized spacial score (nSPS) is 11.4. The summed E-state index contributed by atoms with van der Waals surface area (Å²) in [6.45, 7) is -0.716. The summed E-state index contributed by atoms with van der Waals surface area (Å²) in [6, 6.07) is 5.12. The molecule has 86 valence electrons. The van der Waals surface area contributed by atoms with Crippen LogP contribution in [0, 0.1) is 0 Å². The Kier molecular flexibility index (Phi) is 3.00. The van der Waals surface area contributed by atoms with Gasteiger partial charge in [-0.15, -0.1) is 0 Å². The predicted molar refractivity (Wildman–Crippen MR) is 54.1 cm³/mol. The van der Waals surface area contributed by atoms with E-state index in [1.54, 1.807) is 18.2 Å². The van der Waals surface area contributed by atoms with Crippen molar-refractivity contribution < 1.29 is 17.9 Å². The number of nitrogens with two attached hydrogens (primary N) is 1. The molecule has 0 fully saturated rings. The van der Waals surface area contributed by atoms with Crippen LogP contribution in [-0.2, 0) is 11.3 Å². The fourth-order valence-electron chi connectivity index (χ4n) is 1.31. The van der Waals surface area contributed by atoms with Gasteiger partial charge in [0, 0.05) is 0 Å². The standard InChI is InChI=1S/C10H10F2N2O2/c11-8(12)4-15-5-9-14-10-6(13)2-1-3-7(10)16-9/h1-3,8H,4-5,13H2. The van der Waals surface area contributed by atoms with Gasteiger partial charge in [0.05, 0.1) is 5.69 Å². The molecule has 2 N–H and O–H groups in total. The van der Waals surface area contributed by atoms with Gasteiger partial charge in [-0.25, -0.2) is 13.8 Å². The Labute approximate surface area is 90.0 Å². The second-order valence-corrected chi connectivity index (χ2v) is 3.21. The number of hydrogen-bond acceptors (Lipinski definition) is 4. The summed E-state index contributed by atoms with van der Waals surface area (Å²) in [5.41, 5.74) is 7.20. The molecule has 0 radical (unpaired) electrons. The van der Waals surface area contributed by atoms with Crippen LogP contribution >= 0.6 is 0 Å². The highest BCUT2D eigenvalue weighted by atomic mass is 19.3. The second kappa shape index (κ2) is 4.44. The lowest BCUT2D eigenvalue weighted by molar-refractivity contribution is 0.00351. The van der Waals surface area contributed by atoms with E-state index < -0.39 is 13.0 Å². The van der Waals surface area contributed by atoms with Crippen molar-refractivity contribution in [1.82, 2.24) is 4.98 Å². The van der Waals surface area contributed by atoms with Crippen molar-refractivity contribution in [2.75, 3.05) is 12.3 Å². The molecule has 0 saturated heterocycles. The quantitative estimate of drug-likeness (QED) is 0.815. The number of aromatic nitrogens is 1. The molecule has 0 atom stereocenters. The van der Waals surface area contributed by atoms with E-state index >= 15 is 0 Å². The van der Waals surface area contributed by atoms with Crippen molar-refractivity contribution in [3.63, 3.8) is 0 Å². The van der Waals surface area contributed by atoms with E-state index in [2.05, 4.69) is 4.98 Å². The van der Waals surface area contributed by atoms with Crippen LogP contribution in [0.5, 0.6) is 0 Å². The number of benzene rings is 1. The molecule has 0 bridgehead atoms. The molecule has 1 aromatic carbocycles. The number of alkyl halides is 2. The van der Waals surface area contributed by atoms with Crippen LogP contribution in [0.3, 0.4) is 0 Å². The van der Waals surface area contributed by atoms with E-state index in [1.807, 2.05) is 0 Å². The van der Waals surface area contributed by atoms with E-state index in [0.717, 1.165) is 0 Å². The minimum atomic E-state index is -2.49. The zero-order chi connectivity index (χ0) is 11.5. The Hall–Kier alpha value is -1.69. The van der Waals surface area contributed by atoms with E-state index in [4.69, 9.17) is 14.9 Å². The van der Waals surface area contributed by atoms with Crippen LogP contribution in [0.4, 0.5) is 14.5 Å². The Bertz CT molecular complexity index is 485. The molecule has 0 saturated carbocycles. The first-order valence-corrected chi connectivity index (χ1v) is 4.66. The summed E-state index contributed by atoms with van der Waals surface area (Å²) in [5.74, 6) is 0.244. The summed E-state index contributed by atoms with van der Waals surface area (Å²) in [5, 5.41) is 0. The molecule has 16 heavy (non-hydrogen) atoms. The van der Waals surface area contributed by atoms with Crippen LogP contribution in [0.15, 0.2) is 22.6 Å². The third-order valence-electron chi connectivity index (χ3n) is 1.96. The number of halogens is 2. The highest BCUT2D eigenvalue weighted by Gasteiger charge is 2.09. The van der Waals surface area contributed by atoms with E-state index in [9.17, 15) is 8.78 Å². The van der Waals surface area contributed by atoms with Gasteiger partial charge < -0.3 is 14.9 Å². The fraction of sp³-hybridized carbons (Fsp3) is 0.300. The summed E-state index contributed by atoms with van der Waals surface area (Å²) < 4.78 is 33.6. The van der Waals surface area contributed by atoms with Crippen molar-refractivity contribution >= 4 is 16.8 Å². The topological polar surface area (TPSA) is 61.3 Å². The molecule has 0 amide bonds. The van der Waals surface area contributed by atoms with Crippen molar-refractivity contribution in [2.24, 2.45) is 0 Å². The van der Waals surface area contributed by atoms with Gasteiger partial charge in [0.15, 0.2) is 5.58 Å². The Morgan fingerprint density at radius 1 is 1.44 bits per heavy atom. The number of hydrogen-bond donors (Lipinski definition) is 1. The van der Waals surface area contributed by atoms with Gasteiger partial charge in [0.1, 0.15) is 18.7 Å². The third kappa shape index (κ3) is 2.27. The van der Waals surface area contributed by atoms with Gasteiger partial charge in [-0.2, -0.15) is 0 Å². The number of rotatable bonds is 4. The van der Waals surface area contributed by atoms with Gasteiger partial charge >= 0.3 is 0 Å². The second-order valence-electron chi connectivity index (χ2n) is 3.21. The molecule has 6 heteroatoms. The monoisotopic (exact) mass is 228 g/mol. The molecule has 0 aliphatic heterocycles. The molecule has 0 aliphatic rings. The molecular formula is C10H10F2N2O2. The predicted octanol–water partition coefficient (Wildman–Crippen LogP) is 2.19. The summed E-state index contributed by atoms with van der Waals surface area (Å²) in [6.07, 6.45) is -2.49. The first kappa shape index (κ1) is 10.8. The maximum atomic E-state index is 11.8. The largest absolute Gasteiger partial charge is 0.438 e. The SMILES string of the molecule is Nc1cccc2oc(COCC(F)F)nc12. The number of ether oxygens (including phenoxy) is 1. The maximum Gasteiger partial charge on any atom is 0.261 e. The average Bonchev–Trinajstić information content (AvgIpc) is 2.61. The zero-order valence-corrected chi connectivity index (χ0v) is 8.32. The highest BCUT2D eigenvalue weighted by Crippen LogP contribution is 2.21. The van der Waals surface area contributed by atoms with Gasteiger partial charge in [-0.1, -0.05) is 6.07 Å². The van der Waals surface area contributed by atoms with Crippen LogP contribution in [-0.4, -0.2) is 18.0 Å². The average molecular weight is 228 g/mol. The van der Waals surface area contributed by atoms with E-state index in [-0.39, 0.29) is 12.5 Å². The van der Waals surface area contributed by atoms with Crippen LogP contribution < -0.4 is 5.73 Å². The first-order chi connectivity index (χ1) is 7.66. The van der Waals surface area contributed by atoms with Crippen molar-refractivity contribution in [2.45, 2.75) is 13.0 Å². The number of nitrogen functional groups attached to an aromatic ring is 1. The number of fused-ring (bicyclic) bond motifs is 1. The molecule has 2 rings (SSSR count). The molecule has 1 aromatic heterocycles. The highest BCUT2D eigenvalue weighted by molar-refractivity contribution is 5.85. The third-order valence-corrected chi connectivity index (χ3v) is 1.96. The smallest absolute Gasteiger partial charge is 0.261 e. The summed E-state index contributed by atoms with van der Waals surface area (Å²) >= 11 is 0. The Morgan fingerprint density at radius 3 is 2.94 bits per heavy atom. The minimum absolute atomic E-state index is 0.0849. The number of anilines is 1. The van der Waals surface area contributed by atoms with E-state index in [1.165, 1.54) is 0 Å². The maximum absolute atomic E-state index is 11.8. The Morgan fingerprint density at radius 2 is 2.25 bits per heavy atom. The van der Waals surface area contributed by atoms with Gasteiger partial charge in [0.25, 0.3) is 6.43 Å². The summed E-state index contributed by atoms with van der Waals surface area (Å²) in [4.78, 5) is 4.05. The van der Waals surface area contributed by atoms with Gasteiger partial charge in [-0.05, 0) is 12.1 Å². The van der Waals surface area contributed by atoms with Gasteiger partial charge in [-0.3, -0.25) is 0 Å². The zero-order valence-electron chi connectivity index (χ0n) is 8.32. The van der Waals surface area contributed by atoms with Crippen LogP contribution in [0.25, 0.3) is 11.1 Å². The van der Waals surface area contributed by atoms with Gasteiger partial charge in [0.2, 0.25) is 5.89 Å². The van der Waals surface area contributed by atoms with Crippen LogP contribution in [0.1, 0.15) is 5.89 Å². The molecule has 0 unspecified atom stereocenters. The summed E-state index contributed by atoms with van der Waals surface area (Å²) in [7, 11) is 0. The lowest BCUT2D eigenvalue weighted by Crippen LogP contribution is -2.04. The lowest BCUT2D eigenvalue weighted by atomic mass is 10.3. The van der Waals surface area contributed by atoms with Crippen molar-refractivity contribution in [1.29, 1.82) is 0 Å². The molecule has 2 aromatic rings. The molecule has 0 aliphatic carbocycles. The first-order valence-electron chi connectivity index (χ1n) is 4.66. The molecule has 0 spiro atoms. The molecular weight excluding hydrogens is 218 g/mol. The fourth-order valence-corrected chi connectivity index (χ4v) is 1.31. The van der Waals surface area contributed by atoms with E-state index in [0.29, 0.717) is 16.8 Å². The number of oxazole rings is 1. The van der Waals surface area contributed by atoms with Crippen molar-refractivity contribution in [3.05, 3.63) is 24.1 Å². The number of nitrogens with zero attached hydrogens (tertiary/aromatic N) is 1. The molecule has 1 heterocycles. The Balaban J connectivity index is 2.11. The van der Waals surface area contributed by atoms with Crippen molar-refractivity contribution in [3.8, 4) is 0 Å². The molecule has 4 nitrogen and oxygen atoms in total.